The Bertz CT molecular complexity index is 506. The second-order valence-corrected chi connectivity index (χ2v) is 3.73. The second kappa shape index (κ2) is 3.84. The molecule has 2 heterocycles. The fraction of sp³-hybridized carbons (Fsp3) is 0.364. The Morgan fingerprint density at radius 1 is 1.44 bits per heavy atom. The average Bonchev–Trinajstić information content (AvgIpc) is 2.73. The zero-order chi connectivity index (χ0) is 11.0. The Kier molecular flexibility index (Phi) is 2.34. The lowest BCUT2D eigenvalue weighted by Crippen LogP contribution is -2.33. The van der Waals surface area contributed by atoms with E-state index in [1.54, 1.807) is 6.07 Å². The Balaban J connectivity index is 1.97. The molecule has 1 unspecified atom stereocenters. The van der Waals surface area contributed by atoms with Crippen LogP contribution in [0.3, 0.4) is 0 Å². The molecule has 0 aliphatic carbocycles. The van der Waals surface area contributed by atoms with Gasteiger partial charge in [-0.25, -0.2) is 9.37 Å². The smallest absolute Gasteiger partial charge is 0.225 e. The number of benzene rings is 1. The Morgan fingerprint density at radius 3 is 3.19 bits per heavy atom. The molecule has 84 valence electrons. The molecule has 0 radical (unpaired) electrons. The number of rotatable bonds is 1. The van der Waals surface area contributed by atoms with Gasteiger partial charge in [0, 0.05) is 19.2 Å². The van der Waals surface area contributed by atoms with Crippen LogP contribution in [0.4, 0.5) is 4.39 Å². The lowest BCUT2D eigenvalue weighted by molar-refractivity contribution is 0.0118. The predicted molar refractivity (Wildman–Crippen MR) is 55.5 cm³/mol. The largest absolute Gasteiger partial charge is 0.438 e. The van der Waals surface area contributed by atoms with Crippen LogP contribution in [0.1, 0.15) is 12.0 Å². The van der Waals surface area contributed by atoms with Crippen molar-refractivity contribution in [1.29, 1.82) is 0 Å². The molecule has 1 N–H and O–H groups in total. The van der Waals surface area contributed by atoms with Gasteiger partial charge in [0.1, 0.15) is 17.4 Å². The zero-order valence-corrected chi connectivity index (χ0v) is 8.57. The molecule has 0 spiro atoms. The van der Waals surface area contributed by atoms with Gasteiger partial charge >= 0.3 is 0 Å². The first-order valence-electron chi connectivity index (χ1n) is 5.21. The van der Waals surface area contributed by atoms with Gasteiger partial charge in [0.15, 0.2) is 5.58 Å². The molecule has 1 aliphatic heterocycles. The number of hydrogen-bond acceptors (Lipinski definition) is 4. The monoisotopic (exact) mass is 222 g/mol. The number of nitrogens with zero attached hydrogens (tertiary/aromatic N) is 1. The molecule has 0 bridgehead atoms. The molecule has 5 heteroatoms. The van der Waals surface area contributed by atoms with Crippen LogP contribution < -0.4 is 5.32 Å². The lowest BCUT2D eigenvalue weighted by atomic mass is 10.3. The number of ether oxygens (including phenoxy) is 1. The van der Waals surface area contributed by atoms with Gasteiger partial charge in [0.2, 0.25) is 5.89 Å². The quantitative estimate of drug-likeness (QED) is 0.796. The standard InChI is InChI=1S/C11H11FN2O2/c12-7-1-2-8-9(5-7)16-11(14-8)10-6-13-3-4-15-10/h1-2,5,10,13H,3-4,6H2. The molecule has 1 atom stereocenters. The molecule has 1 saturated heterocycles. The third-order valence-corrected chi connectivity index (χ3v) is 2.57. The zero-order valence-electron chi connectivity index (χ0n) is 8.57. The molecule has 2 aromatic rings. The molecule has 0 amide bonds. The highest BCUT2D eigenvalue weighted by molar-refractivity contribution is 5.72. The summed E-state index contributed by atoms with van der Waals surface area (Å²) in [6.07, 6.45) is -0.177. The molecule has 1 aromatic carbocycles. The van der Waals surface area contributed by atoms with Crippen LogP contribution in [0.2, 0.25) is 0 Å². The van der Waals surface area contributed by atoms with E-state index in [1.807, 2.05) is 0 Å². The fourth-order valence-corrected chi connectivity index (χ4v) is 1.78. The molecule has 3 rings (SSSR count). The van der Waals surface area contributed by atoms with E-state index in [0.717, 1.165) is 6.54 Å². The maximum absolute atomic E-state index is 13.0. The van der Waals surface area contributed by atoms with E-state index in [2.05, 4.69) is 10.3 Å². The third kappa shape index (κ3) is 1.68. The first-order valence-corrected chi connectivity index (χ1v) is 5.21. The van der Waals surface area contributed by atoms with Gasteiger partial charge in [0.05, 0.1) is 6.61 Å². The topological polar surface area (TPSA) is 47.3 Å². The summed E-state index contributed by atoms with van der Waals surface area (Å²) in [5.41, 5.74) is 1.12. The maximum Gasteiger partial charge on any atom is 0.225 e. The summed E-state index contributed by atoms with van der Waals surface area (Å²) in [6.45, 7) is 2.15. The van der Waals surface area contributed by atoms with Gasteiger partial charge in [-0.05, 0) is 12.1 Å². The molecule has 1 aliphatic rings. The summed E-state index contributed by atoms with van der Waals surface area (Å²) in [5, 5.41) is 3.19. The Morgan fingerprint density at radius 2 is 2.38 bits per heavy atom. The Hall–Kier alpha value is -1.46. The number of morpholine rings is 1. The van der Waals surface area contributed by atoms with Crippen molar-refractivity contribution in [2.24, 2.45) is 0 Å². The van der Waals surface area contributed by atoms with Crippen LogP contribution in [-0.2, 0) is 4.74 Å². The average molecular weight is 222 g/mol. The highest BCUT2D eigenvalue weighted by atomic mass is 19.1. The highest BCUT2D eigenvalue weighted by Crippen LogP contribution is 2.23. The normalized spacial score (nSPS) is 21.4. The molecule has 0 saturated carbocycles. The minimum atomic E-state index is -0.321. The van der Waals surface area contributed by atoms with E-state index in [-0.39, 0.29) is 11.9 Å². The predicted octanol–water partition coefficient (Wildman–Crippen LogP) is 1.63. The summed E-state index contributed by atoms with van der Waals surface area (Å²) < 4.78 is 23.9. The van der Waals surface area contributed by atoms with Crippen molar-refractivity contribution in [3.63, 3.8) is 0 Å². The fourth-order valence-electron chi connectivity index (χ4n) is 1.78. The molecule has 4 nitrogen and oxygen atoms in total. The summed E-state index contributed by atoms with van der Waals surface area (Å²) in [5.74, 6) is 0.186. The molecule has 1 aromatic heterocycles. The number of aromatic nitrogens is 1. The summed E-state index contributed by atoms with van der Waals surface area (Å²) in [4.78, 5) is 4.28. The van der Waals surface area contributed by atoms with Crippen LogP contribution in [-0.4, -0.2) is 24.7 Å². The van der Waals surface area contributed by atoms with Crippen molar-refractivity contribution >= 4 is 11.1 Å². The number of fused-ring (bicyclic) bond motifs is 1. The van der Waals surface area contributed by atoms with Crippen molar-refractivity contribution in [2.75, 3.05) is 19.7 Å². The van der Waals surface area contributed by atoms with E-state index in [0.29, 0.717) is 30.1 Å². The number of nitrogens with one attached hydrogen (secondary N) is 1. The van der Waals surface area contributed by atoms with E-state index < -0.39 is 0 Å². The van der Waals surface area contributed by atoms with Crippen LogP contribution in [0, 0.1) is 5.82 Å². The minimum Gasteiger partial charge on any atom is -0.438 e. The molecule has 16 heavy (non-hydrogen) atoms. The van der Waals surface area contributed by atoms with Crippen molar-refractivity contribution in [2.45, 2.75) is 6.10 Å². The number of oxazole rings is 1. The maximum atomic E-state index is 13.0. The van der Waals surface area contributed by atoms with Gasteiger partial charge in [-0.1, -0.05) is 0 Å². The summed E-state index contributed by atoms with van der Waals surface area (Å²) >= 11 is 0. The van der Waals surface area contributed by atoms with Crippen molar-refractivity contribution in [3.8, 4) is 0 Å². The minimum absolute atomic E-state index is 0.177. The van der Waals surface area contributed by atoms with Crippen molar-refractivity contribution < 1.29 is 13.5 Å². The third-order valence-electron chi connectivity index (χ3n) is 2.57. The first-order chi connectivity index (χ1) is 7.83. The SMILES string of the molecule is Fc1ccc2nc(C3CNCCO3)oc2c1. The van der Waals surface area contributed by atoms with E-state index >= 15 is 0 Å². The van der Waals surface area contributed by atoms with Gasteiger partial charge < -0.3 is 14.5 Å². The number of halogens is 1. The van der Waals surface area contributed by atoms with Gasteiger partial charge in [-0.3, -0.25) is 0 Å². The van der Waals surface area contributed by atoms with E-state index in [1.165, 1.54) is 12.1 Å². The van der Waals surface area contributed by atoms with Crippen LogP contribution in [0.25, 0.3) is 11.1 Å². The van der Waals surface area contributed by atoms with E-state index in [4.69, 9.17) is 9.15 Å². The lowest BCUT2D eigenvalue weighted by Gasteiger charge is -2.20. The number of hydrogen-bond donors (Lipinski definition) is 1. The van der Waals surface area contributed by atoms with Gasteiger partial charge in [-0.2, -0.15) is 0 Å². The molecule has 1 fully saturated rings. The summed E-state index contributed by atoms with van der Waals surface area (Å²) in [7, 11) is 0. The highest BCUT2D eigenvalue weighted by Gasteiger charge is 2.21. The van der Waals surface area contributed by atoms with Crippen molar-refractivity contribution in [3.05, 3.63) is 29.9 Å². The molecular formula is C11H11FN2O2. The van der Waals surface area contributed by atoms with Gasteiger partial charge in [-0.15, -0.1) is 0 Å². The van der Waals surface area contributed by atoms with Crippen molar-refractivity contribution in [1.82, 2.24) is 10.3 Å². The van der Waals surface area contributed by atoms with Crippen LogP contribution in [0.5, 0.6) is 0 Å². The van der Waals surface area contributed by atoms with Crippen LogP contribution in [0.15, 0.2) is 22.6 Å². The first kappa shape index (κ1) is 9.74. The summed E-state index contributed by atoms with van der Waals surface area (Å²) in [6, 6.07) is 4.31. The van der Waals surface area contributed by atoms with E-state index in [9.17, 15) is 4.39 Å². The second-order valence-electron chi connectivity index (χ2n) is 3.73. The van der Waals surface area contributed by atoms with Gasteiger partial charge in [0.25, 0.3) is 0 Å². The molecular weight excluding hydrogens is 211 g/mol. The van der Waals surface area contributed by atoms with Crippen LogP contribution >= 0.6 is 0 Å². The Labute approximate surface area is 91.4 Å².